The van der Waals surface area contributed by atoms with Gasteiger partial charge in [0.25, 0.3) is 0 Å². The molecule has 2 nitrogen and oxygen atoms in total. The number of rotatable bonds is 0. The maximum atomic E-state index is 5.34. The lowest BCUT2D eigenvalue weighted by Crippen LogP contribution is -1.61. The average Bonchev–Trinajstić information content (AvgIpc) is 1.87. The van der Waals surface area contributed by atoms with E-state index in [9.17, 15) is 0 Å². The third-order valence-corrected chi connectivity index (χ3v) is 1.98. The van der Waals surface area contributed by atoms with Crippen molar-refractivity contribution >= 4 is 45.7 Å². The van der Waals surface area contributed by atoms with Crippen molar-refractivity contribution < 1.29 is 0 Å². The fourth-order valence-electron chi connectivity index (χ4n) is 0.189. The second-order valence-corrected chi connectivity index (χ2v) is 3.66. The molecule has 0 radical (unpaired) electrons. The Hall–Kier alpha value is 0.580. The van der Waals surface area contributed by atoms with Crippen LogP contribution in [0, 0.1) is 3.01 Å². The molecule has 0 bridgehead atoms. The van der Waals surface area contributed by atoms with Crippen LogP contribution in [0.4, 0.5) is 0 Å². The van der Waals surface area contributed by atoms with Crippen molar-refractivity contribution in [3.8, 4) is 0 Å². The molecule has 38 valence electrons. The Kier molecular flexibility index (Phi) is 1.82. The fraction of sp³-hybridized carbons (Fsp3) is 0. The first-order valence-corrected chi connectivity index (χ1v) is 3.67. The molecule has 0 spiro atoms. The van der Waals surface area contributed by atoms with Gasteiger partial charge >= 0.3 is 0 Å². The van der Waals surface area contributed by atoms with Gasteiger partial charge in [-0.25, -0.2) is 0 Å². The number of hydrogen-bond acceptors (Lipinski definition) is 3. The van der Waals surface area contributed by atoms with Gasteiger partial charge in [-0.05, 0) is 45.7 Å². The van der Waals surface area contributed by atoms with E-state index in [1.165, 1.54) is 11.5 Å². The average molecular weight is 246 g/mol. The van der Waals surface area contributed by atoms with E-state index in [0.29, 0.717) is 5.28 Å². The van der Waals surface area contributed by atoms with Gasteiger partial charge in [-0.15, -0.1) is 0 Å². The van der Waals surface area contributed by atoms with Gasteiger partial charge in [-0.2, -0.15) is 9.36 Å². The standard InChI is InChI=1S/C2ClIN2S/c3-1-5-2(4)7-6-1. The molecule has 0 aromatic carbocycles. The van der Waals surface area contributed by atoms with E-state index in [0.717, 1.165) is 3.01 Å². The third-order valence-electron chi connectivity index (χ3n) is 0.376. The van der Waals surface area contributed by atoms with Crippen LogP contribution >= 0.6 is 45.7 Å². The topological polar surface area (TPSA) is 25.8 Å². The van der Waals surface area contributed by atoms with Gasteiger partial charge in [0.15, 0.2) is 3.01 Å². The largest absolute Gasteiger partial charge is 0.235 e. The van der Waals surface area contributed by atoms with Crippen LogP contribution in [-0.4, -0.2) is 9.36 Å². The molecule has 0 unspecified atom stereocenters. The van der Waals surface area contributed by atoms with E-state index in [2.05, 4.69) is 31.9 Å². The van der Waals surface area contributed by atoms with Gasteiger partial charge in [-0.1, -0.05) is 0 Å². The van der Waals surface area contributed by atoms with Crippen LogP contribution in [0.3, 0.4) is 0 Å². The zero-order valence-electron chi connectivity index (χ0n) is 3.06. The highest BCUT2D eigenvalue weighted by molar-refractivity contribution is 14.1. The summed E-state index contributed by atoms with van der Waals surface area (Å²) in [5.41, 5.74) is 0. The highest BCUT2D eigenvalue weighted by atomic mass is 127. The van der Waals surface area contributed by atoms with Crippen LogP contribution in [0.5, 0.6) is 0 Å². The molecule has 1 rings (SSSR count). The third kappa shape index (κ3) is 1.50. The van der Waals surface area contributed by atoms with Gasteiger partial charge < -0.3 is 0 Å². The lowest BCUT2D eigenvalue weighted by atomic mass is 11.3. The lowest BCUT2D eigenvalue weighted by Gasteiger charge is -1.63. The molecular weight excluding hydrogens is 246 g/mol. The van der Waals surface area contributed by atoms with Crippen LogP contribution in [0.2, 0.25) is 5.28 Å². The molecule has 7 heavy (non-hydrogen) atoms. The van der Waals surface area contributed by atoms with Gasteiger partial charge in [0.1, 0.15) is 0 Å². The summed E-state index contributed by atoms with van der Waals surface area (Å²) < 4.78 is 4.58. The van der Waals surface area contributed by atoms with Gasteiger partial charge in [-0.3, -0.25) is 0 Å². The van der Waals surface area contributed by atoms with E-state index in [1.54, 1.807) is 0 Å². The van der Waals surface area contributed by atoms with E-state index >= 15 is 0 Å². The maximum Gasteiger partial charge on any atom is 0.235 e. The summed E-state index contributed by atoms with van der Waals surface area (Å²) in [6.45, 7) is 0. The Morgan fingerprint density at radius 2 is 2.43 bits per heavy atom. The van der Waals surface area contributed by atoms with Crippen LogP contribution < -0.4 is 0 Å². The van der Waals surface area contributed by atoms with Crippen molar-refractivity contribution in [2.24, 2.45) is 0 Å². The van der Waals surface area contributed by atoms with Crippen molar-refractivity contribution in [3.63, 3.8) is 0 Å². The van der Waals surface area contributed by atoms with Crippen LogP contribution in [0.1, 0.15) is 0 Å². The van der Waals surface area contributed by atoms with Crippen molar-refractivity contribution in [2.45, 2.75) is 0 Å². The summed E-state index contributed by atoms with van der Waals surface area (Å²) in [6.07, 6.45) is 0. The minimum atomic E-state index is 0.342. The molecule has 1 heterocycles. The minimum absolute atomic E-state index is 0.342. The molecule has 0 fully saturated rings. The van der Waals surface area contributed by atoms with Gasteiger partial charge in [0.05, 0.1) is 0 Å². The SMILES string of the molecule is Clc1nsc(I)n1. The molecule has 0 amide bonds. The smallest absolute Gasteiger partial charge is 0.198 e. The summed E-state index contributed by atoms with van der Waals surface area (Å²) in [6, 6.07) is 0. The van der Waals surface area contributed by atoms with E-state index < -0.39 is 0 Å². The number of nitrogens with zero attached hydrogens (tertiary/aromatic N) is 2. The van der Waals surface area contributed by atoms with Gasteiger partial charge in [0, 0.05) is 0 Å². The summed E-state index contributed by atoms with van der Waals surface area (Å²) >= 11 is 8.70. The predicted octanol–water partition coefficient (Wildman–Crippen LogP) is 1.80. The Balaban J connectivity index is 3.04. The normalized spacial score (nSPS) is 9.43. The Labute approximate surface area is 63.2 Å². The molecule has 0 aliphatic rings. The van der Waals surface area contributed by atoms with E-state index in [1.807, 2.05) is 0 Å². The molecule has 5 heteroatoms. The Morgan fingerprint density at radius 1 is 1.71 bits per heavy atom. The molecule has 0 aliphatic carbocycles. The maximum absolute atomic E-state index is 5.34. The Morgan fingerprint density at radius 3 is 2.57 bits per heavy atom. The zero-order chi connectivity index (χ0) is 5.28. The molecule has 1 aromatic heterocycles. The van der Waals surface area contributed by atoms with E-state index in [4.69, 9.17) is 11.6 Å². The summed E-state index contributed by atoms with van der Waals surface area (Å²) in [5.74, 6) is 0. The van der Waals surface area contributed by atoms with Crippen LogP contribution in [0.15, 0.2) is 0 Å². The predicted molar refractivity (Wildman–Crippen MR) is 37.6 cm³/mol. The molecular formula is C2ClIN2S. The number of aromatic nitrogens is 2. The first-order valence-electron chi connectivity index (χ1n) is 1.44. The summed E-state index contributed by atoms with van der Waals surface area (Å²) in [5, 5.41) is 0.342. The van der Waals surface area contributed by atoms with E-state index in [-0.39, 0.29) is 0 Å². The molecule has 0 aliphatic heterocycles. The Bertz CT molecular complexity index is 148. The van der Waals surface area contributed by atoms with Crippen molar-refractivity contribution in [1.82, 2.24) is 9.36 Å². The summed E-state index contributed by atoms with van der Waals surface area (Å²) in [7, 11) is 0. The lowest BCUT2D eigenvalue weighted by molar-refractivity contribution is 1.30. The molecule has 0 saturated carbocycles. The fourth-order valence-corrected chi connectivity index (χ4v) is 1.41. The quantitative estimate of drug-likeness (QED) is 0.652. The van der Waals surface area contributed by atoms with Gasteiger partial charge in [0.2, 0.25) is 5.28 Å². The van der Waals surface area contributed by atoms with Crippen LogP contribution in [-0.2, 0) is 0 Å². The molecule has 1 aromatic rings. The second-order valence-electron chi connectivity index (χ2n) is 0.816. The monoisotopic (exact) mass is 246 g/mol. The van der Waals surface area contributed by atoms with Crippen molar-refractivity contribution in [1.29, 1.82) is 0 Å². The van der Waals surface area contributed by atoms with Crippen LogP contribution in [0.25, 0.3) is 0 Å². The molecule has 0 N–H and O–H groups in total. The number of halogens is 2. The van der Waals surface area contributed by atoms with Crippen molar-refractivity contribution in [2.75, 3.05) is 0 Å². The highest BCUT2D eigenvalue weighted by Crippen LogP contribution is 2.09. The van der Waals surface area contributed by atoms with Crippen molar-refractivity contribution in [3.05, 3.63) is 8.30 Å². The highest BCUT2D eigenvalue weighted by Gasteiger charge is 1.92. The molecule has 0 saturated heterocycles. The second kappa shape index (κ2) is 2.23. The first kappa shape index (κ1) is 5.71. The molecule has 0 atom stereocenters. The first-order chi connectivity index (χ1) is 3.29. The minimum Gasteiger partial charge on any atom is -0.198 e. The summed E-state index contributed by atoms with van der Waals surface area (Å²) in [4.78, 5) is 3.77. The zero-order valence-corrected chi connectivity index (χ0v) is 6.79. The number of hydrogen-bond donors (Lipinski definition) is 0.